The Bertz CT molecular complexity index is 1540. The molecule has 2 aromatic carbocycles. The molecule has 11 nitrogen and oxygen atoms in total. The van der Waals surface area contributed by atoms with Crippen LogP contribution in [0.3, 0.4) is 0 Å². The van der Waals surface area contributed by atoms with Crippen molar-refractivity contribution >= 4 is 23.5 Å². The van der Waals surface area contributed by atoms with Crippen molar-refractivity contribution in [2.45, 2.75) is 82.9 Å². The highest BCUT2D eigenvalue weighted by Gasteiger charge is 2.53. The number of benzene rings is 2. The molecule has 0 bridgehead atoms. The Morgan fingerprint density at radius 1 is 0.780 bits per heavy atom. The van der Waals surface area contributed by atoms with E-state index in [1.807, 2.05) is 6.92 Å². The highest BCUT2D eigenvalue weighted by atomic mass is 16.6. The topological polar surface area (TPSA) is 166 Å². The second-order valence-corrected chi connectivity index (χ2v) is 11.9. The summed E-state index contributed by atoms with van der Waals surface area (Å²) in [4.78, 5) is 50.3. The van der Waals surface area contributed by atoms with Gasteiger partial charge in [-0.1, -0.05) is 6.92 Å². The summed E-state index contributed by atoms with van der Waals surface area (Å²) >= 11 is 0. The van der Waals surface area contributed by atoms with Gasteiger partial charge < -0.3 is 34.3 Å². The number of carbonyl (C=O) groups is 4. The summed E-state index contributed by atoms with van der Waals surface area (Å²) < 4.78 is 23.0. The highest BCUT2D eigenvalue weighted by molar-refractivity contribution is 6.08. The lowest BCUT2D eigenvalue weighted by Crippen LogP contribution is -2.53. The molecule has 0 aliphatic carbocycles. The number of aliphatic hydroxyl groups excluding tert-OH is 1. The molecule has 0 aromatic heterocycles. The fourth-order valence-electron chi connectivity index (χ4n) is 6.77. The number of hydrogen-bond acceptors (Lipinski definition) is 11. The number of phenols is 2. The van der Waals surface area contributed by atoms with Gasteiger partial charge in [-0.25, -0.2) is 0 Å². The van der Waals surface area contributed by atoms with Gasteiger partial charge in [0.25, 0.3) is 0 Å². The van der Waals surface area contributed by atoms with Crippen LogP contribution in [0.4, 0.5) is 0 Å². The van der Waals surface area contributed by atoms with Crippen molar-refractivity contribution in [1.29, 1.82) is 0 Å². The maximum absolute atomic E-state index is 13.4. The molecule has 0 saturated carbocycles. The Hall–Kier alpha value is -4.12. The van der Waals surface area contributed by atoms with Crippen molar-refractivity contribution in [3.8, 4) is 34.1 Å². The number of carbonyl (C=O) groups excluding carboxylic acids is 4. The van der Waals surface area contributed by atoms with Gasteiger partial charge in [-0.3, -0.25) is 19.2 Å². The Kier molecular flexibility index (Phi) is 5.90. The van der Waals surface area contributed by atoms with E-state index in [0.717, 1.165) is 0 Å². The van der Waals surface area contributed by atoms with Crippen LogP contribution in [0.15, 0.2) is 18.2 Å². The molecule has 0 spiro atoms. The summed E-state index contributed by atoms with van der Waals surface area (Å²) in [5.41, 5.74) is -1.95. The number of hydrogen-bond donors (Lipinski definition) is 3. The monoisotopic (exact) mass is 566 g/mol. The molecule has 2 aromatic rings. The molecule has 0 radical (unpaired) electrons. The van der Waals surface area contributed by atoms with Gasteiger partial charge in [-0.15, -0.1) is 0 Å². The van der Waals surface area contributed by atoms with Crippen molar-refractivity contribution in [3.05, 3.63) is 34.9 Å². The number of ether oxygens (including phenoxy) is 4. The molecular weight excluding hydrogens is 536 g/mol. The standard InChI is InChI=1S/C30H30O11/c1-12-7-19-24(17(33)10-29(3,41-19)27-13(2)8-20(34)38-27)26(37)22(12)14-5-6-18-23(25(14)36)16(32)11-30(4,40-18)28-15(31)9-21(35)39-28/h5-7,13,15,27-28,31,36-37H,8-11H2,1-4H3/t13-,15-,27-,28-,29+,30+/m1/s1. The van der Waals surface area contributed by atoms with E-state index < -0.39 is 58.5 Å². The molecule has 216 valence electrons. The lowest BCUT2D eigenvalue weighted by atomic mass is 9.80. The molecule has 41 heavy (non-hydrogen) atoms. The minimum Gasteiger partial charge on any atom is -0.506 e. The van der Waals surface area contributed by atoms with Crippen LogP contribution in [-0.4, -0.2) is 68.3 Å². The van der Waals surface area contributed by atoms with E-state index in [4.69, 9.17) is 18.9 Å². The number of aryl methyl sites for hydroxylation is 1. The van der Waals surface area contributed by atoms with Crippen LogP contribution in [0.2, 0.25) is 0 Å². The summed E-state index contributed by atoms with van der Waals surface area (Å²) in [6.45, 7) is 6.77. The van der Waals surface area contributed by atoms with E-state index in [-0.39, 0.29) is 71.3 Å². The largest absolute Gasteiger partial charge is 0.506 e. The average Bonchev–Trinajstić information content (AvgIpc) is 3.39. The fourth-order valence-corrected chi connectivity index (χ4v) is 6.77. The van der Waals surface area contributed by atoms with Crippen LogP contribution in [-0.2, 0) is 19.1 Å². The first-order chi connectivity index (χ1) is 19.2. The number of cyclic esters (lactones) is 2. The third-order valence-electron chi connectivity index (χ3n) is 8.59. The van der Waals surface area contributed by atoms with E-state index >= 15 is 0 Å². The zero-order valence-corrected chi connectivity index (χ0v) is 23.0. The van der Waals surface area contributed by atoms with E-state index in [0.29, 0.717) is 5.56 Å². The third kappa shape index (κ3) is 4.05. The molecule has 4 aliphatic heterocycles. The van der Waals surface area contributed by atoms with E-state index in [1.165, 1.54) is 12.1 Å². The van der Waals surface area contributed by atoms with Crippen LogP contribution < -0.4 is 9.47 Å². The lowest BCUT2D eigenvalue weighted by Gasteiger charge is -2.40. The Balaban J connectivity index is 1.38. The van der Waals surface area contributed by atoms with Gasteiger partial charge in [0.15, 0.2) is 28.9 Å². The molecular formula is C30H30O11. The van der Waals surface area contributed by atoms with Gasteiger partial charge in [-0.05, 0) is 44.5 Å². The van der Waals surface area contributed by atoms with Gasteiger partial charge >= 0.3 is 11.9 Å². The third-order valence-corrected chi connectivity index (χ3v) is 8.59. The molecule has 0 amide bonds. The predicted molar refractivity (Wildman–Crippen MR) is 140 cm³/mol. The summed E-state index contributed by atoms with van der Waals surface area (Å²) in [5, 5.41) is 32.9. The van der Waals surface area contributed by atoms with Gasteiger partial charge in [0, 0.05) is 17.0 Å². The second-order valence-electron chi connectivity index (χ2n) is 11.9. The normalized spacial score (nSPS) is 32.5. The van der Waals surface area contributed by atoms with Crippen molar-refractivity contribution < 1.29 is 53.4 Å². The van der Waals surface area contributed by atoms with Crippen molar-refractivity contribution in [2.75, 3.05) is 0 Å². The molecule has 2 fully saturated rings. The van der Waals surface area contributed by atoms with Gasteiger partial charge in [0.1, 0.15) is 46.3 Å². The number of Topliss-reactive ketones (excluding diaryl/α,β-unsaturated/α-hetero) is 2. The quantitative estimate of drug-likeness (QED) is 0.467. The Morgan fingerprint density at radius 3 is 1.93 bits per heavy atom. The smallest absolute Gasteiger partial charge is 0.309 e. The first-order valence-electron chi connectivity index (χ1n) is 13.5. The van der Waals surface area contributed by atoms with Crippen molar-refractivity contribution in [1.82, 2.24) is 0 Å². The SMILES string of the molecule is Cc1cc2c(c(O)c1-c1ccc3c(c1O)C(=O)C[C@@](C)([C@@H]1OC(=O)C[C@H]1O)O3)C(=O)C[C@@](C)([C@@H]1OC(=O)C[C@H]1C)O2. The summed E-state index contributed by atoms with van der Waals surface area (Å²) in [6, 6.07) is 4.48. The molecule has 4 heterocycles. The second kappa shape index (κ2) is 8.94. The van der Waals surface area contributed by atoms with Crippen LogP contribution in [0.1, 0.15) is 72.7 Å². The van der Waals surface area contributed by atoms with Gasteiger partial charge in [-0.2, -0.15) is 0 Å². The minimum atomic E-state index is -1.35. The molecule has 3 N–H and O–H groups in total. The van der Waals surface area contributed by atoms with Crippen LogP contribution in [0.25, 0.3) is 11.1 Å². The van der Waals surface area contributed by atoms with Crippen molar-refractivity contribution in [3.63, 3.8) is 0 Å². The predicted octanol–water partition coefficient (Wildman–Crippen LogP) is 3.15. The molecule has 2 saturated heterocycles. The van der Waals surface area contributed by atoms with Crippen LogP contribution in [0.5, 0.6) is 23.0 Å². The van der Waals surface area contributed by atoms with Crippen LogP contribution in [0, 0.1) is 12.8 Å². The molecule has 11 heteroatoms. The number of phenolic OH excluding ortho intramolecular Hbond substituents is 2. The summed E-state index contributed by atoms with van der Waals surface area (Å²) in [5.74, 6) is -2.73. The first kappa shape index (κ1) is 27.1. The Labute approximate surface area is 235 Å². The Morgan fingerprint density at radius 2 is 1.34 bits per heavy atom. The van der Waals surface area contributed by atoms with E-state index in [9.17, 15) is 34.5 Å². The van der Waals surface area contributed by atoms with Gasteiger partial charge in [0.05, 0.1) is 25.7 Å². The maximum Gasteiger partial charge on any atom is 0.309 e. The average molecular weight is 567 g/mol. The minimum absolute atomic E-state index is 0.0330. The molecule has 6 atom stereocenters. The number of rotatable bonds is 3. The number of esters is 2. The fraction of sp³-hybridized carbons (Fsp3) is 0.467. The van der Waals surface area contributed by atoms with Gasteiger partial charge in [0.2, 0.25) is 0 Å². The lowest BCUT2D eigenvalue weighted by molar-refractivity contribution is -0.152. The molecule has 6 rings (SSSR count). The van der Waals surface area contributed by atoms with Crippen LogP contribution >= 0.6 is 0 Å². The first-order valence-corrected chi connectivity index (χ1v) is 13.5. The molecule has 0 unspecified atom stereocenters. The van der Waals surface area contributed by atoms with Crippen molar-refractivity contribution in [2.24, 2.45) is 5.92 Å². The number of fused-ring (bicyclic) bond motifs is 2. The summed E-state index contributed by atoms with van der Waals surface area (Å²) in [7, 11) is 0. The zero-order chi connectivity index (χ0) is 29.6. The van der Waals surface area contributed by atoms with E-state index in [2.05, 4.69) is 0 Å². The number of aliphatic hydroxyl groups is 1. The number of aromatic hydroxyl groups is 2. The molecule has 4 aliphatic rings. The highest BCUT2D eigenvalue weighted by Crippen LogP contribution is 2.52. The number of ketones is 2. The zero-order valence-electron chi connectivity index (χ0n) is 23.0. The van der Waals surface area contributed by atoms with E-state index in [1.54, 1.807) is 26.8 Å². The summed E-state index contributed by atoms with van der Waals surface area (Å²) in [6.07, 6.45) is -3.25. The maximum atomic E-state index is 13.4.